The number of carboxylic acid groups (broad SMARTS) is 1. The number of carbonyl (C=O) groups is 4. The highest BCUT2D eigenvalue weighted by atomic mass is 19.4. The Hall–Kier alpha value is -3.91. The topological polar surface area (TPSA) is 249 Å². The zero-order chi connectivity index (χ0) is 28.4. The van der Waals surface area contributed by atoms with Crippen LogP contribution in [0.3, 0.4) is 0 Å². The van der Waals surface area contributed by atoms with E-state index in [1.165, 1.54) is 0 Å². The van der Waals surface area contributed by atoms with Gasteiger partial charge in [0.15, 0.2) is 5.03 Å². The number of halogens is 6. The summed E-state index contributed by atoms with van der Waals surface area (Å²) in [5, 5.41) is 18.1. The number of carbonyl (C=O) groups excluding carboxylic acids is 3. The second kappa shape index (κ2) is 13.3. The minimum Gasteiger partial charge on any atom is -0.475 e. The minimum atomic E-state index is -5.11. The summed E-state index contributed by atoms with van der Waals surface area (Å²) in [7, 11) is 0. The highest BCUT2D eigenvalue weighted by Gasteiger charge is 2.45. The monoisotopic (exact) mass is 540 g/mol. The van der Waals surface area contributed by atoms with E-state index in [-0.39, 0.29) is 32.4 Å². The molecule has 1 aliphatic rings. The molecule has 1 rings (SSSR count). The van der Waals surface area contributed by atoms with Crippen LogP contribution < -0.4 is 27.9 Å². The summed E-state index contributed by atoms with van der Waals surface area (Å²) in [6, 6.07) is -3.46. The molecule has 0 saturated carbocycles. The molecule has 0 unspecified atom stereocenters. The van der Waals surface area contributed by atoms with E-state index in [1.807, 2.05) is 0 Å². The van der Waals surface area contributed by atoms with E-state index >= 15 is 0 Å². The summed E-state index contributed by atoms with van der Waals surface area (Å²) >= 11 is 0. The first kappa shape index (κ1) is 32.1. The fourth-order valence-corrected chi connectivity index (χ4v) is 2.70. The zero-order valence-corrected chi connectivity index (χ0v) is 18.0. The van der Waals surface area contributed by atoms with E-state index in [0.29, 0.717) is 0 Å². The van der Waals surface area contributed by atoms with Gasteiger partial charge in [0.1, 0.15) is 6.04 Å². The molecule has 36 heavy (non-hydrogen) atoms. The third-order valence-corrected chi connectivity index (χ3v) is 4.23. The highest BCUT2D eigenvalue weighted by molar-refractivity contribution is 5.90. The van der Waals surface area contributed by atoms with Crippen LogP contribution in [0.25, 0.3) is 0 Å². The summed E-state index contributed by atoms with van der Waals surface area (Å²) in [4.78, 5) is 58.7. The van der Waals surface area contributed by atoms with Crippen molar-refractivity contribution in [2.24, 2.45) is 22.2 Å². The minimum absolute atomic E-state index is 0.0111. The molecule has 0 aromatic heterocycles. The van der Waals surface area contributed by atoms with Crippen LogP contribution in [0, 0.1) is 10.1 Å². The van der Waals surface area contributed by atoms with E-state index in [4.69, 9.17) is 27.1 Å². The molecular weight excluding hydrogens is 518 g/mol. The zero-order valence-electron chi connectivity index (χ0n) is 18.0. The molecule has 0 spiro atoms. The lowest BCUT2D eigenvalue weighted by Crippen LogP contribution is -2.50. The third kappa shape index (κ3) is 11.5. The van der Waals surface area contributed by atoms with Crippen LogP contribution in [0.2, 0.25) is 0 Å². The highest BCUT2D eigenvalue weighted by Crippen LogP contribution is 2.22. The Labute approximate surface area is 197 Å². The average molecular weight is 540 g/mol. The van der Waals surface area contributed by atoms with E-state index in [0.717, 1.165) is 4.90 Å². The van der Waals surface area contributed by atoms with Crippen molar-refractivity contribution in [3.05, 3.63) is 10.1 Å². The van der Waals surface area contributed by atoms with Crippen molar-refractivity contribution in [3.8, 4) is 0 Å². The fraction of sp³-hybridized carbons (Fsp3) is 0.667. The molecule has 3 amide bonds. The number of rotatable bonds is 8. The number of nitrogens with two attached hydrogens (primary N) is 3. The standard InChI is InChI=1S/C13H21F3N8O5.C2HF3O2/c14-13(15,16)11(27)21-6-4-8(9(18)25)23(5-6)10(26)7(17)2-1-3-20-12(19)22-24(28)29;3-2(4,5)1(6)7/h6-8H,1-5,17H2,(H2,18,25)(H,21,27)(H3,19,20,22);(H,6,7)/t6-,7+,8+;/m0./s1. The number of aliphatic carboxylic acids is 1. The molecule has 0 aromatic rings. The number of guanidine groups is 1. The van der Waals surface area contributed by atoms with E-state index in [1.54, 1.807) is 10.7 Å². The van der Waals surface area contributed by atoms with Gasteiger partial charge in [-0.1, -0.05) is 5.43 Å². The number of amides is 3. The molecule has 1 saturated heterocycles. The largest absolute Gasteiger partial charge is 0.490 e. The Balaban J connectivity index is 0.00000152. The maximum atomic E-state index is 12.5. The van der Waals surface area contributed by atoms with Crippen LogP contribution in [0.1, 0.15) is 19.3 Å². The van der Waals surface area contributed by atoms with Crippen LogP contribution in [-0.2, 0) is 19.2 Å². The van der Waals surface area contributed by atoms with Crippen LogP contribution in [0.4, 0.5) is 26.3 Å². The summed E-state index contributed by atoms with van der Waals surface area (Å²) in [6.07, 6.45) is -10.2. The second-order valence-corrected chi connectivity index (χ2v) is 7.00. The van der Waals surface area contributed by atoms with Crippen LogP contribution in [-0.4, -0.2) is 88.3 Å². The number of primary amides is 1. The van der Waals surface area contributed by atoms with E-state index in [9.17, 15) is 50.8 Å². The third-order valence-electron chi connectivity index (χ3n) is 4.23. The van der Waals surface area contributed by atoms with Crippen molar-refractivity contribution in [2.45, 2.75) is 49.7 Å². The first-order valence-corrected chi connectivity index (χ1v) is 9.51. The molecule has 15 nitrogen and oxygen atoms in total. The molecular formula is C15H22F6N8O7. The SMILES string of the molecule is NC(=O)[C@H]1C[C@H](NC(=O)C(F)(F)F)CN1C(=O)[C@H](N)CCCN=C(N)N[N+](=O)[O-].O=C(O)C(F)(F)F. The van der Waals surface area contributed by atoms with Gasteiger partial charge in [0.2, 0.25) is 11.8 Å². The number of nitrogens with zero attached hydrogens (tertiary/aromatic N) is 3. The van der Waals surface area contributed by atoms with Gasteiger partial charge in [-0.15, -0.1) is 0 Å². The number of nitro groups is 1. The van der Waals surface area contributed by atoms with Gasteiger partial charge in [-0.05, 0) is 19.3 Å². The Morgan fingerprint density at radius 1 is 1.14 bits per heavy atom. The van der Waals surface area contributed by atoms with E-state index in [2.05, 4.69) is 4.99 Å². The molecule has 21 heteroatoms. The average Bonchev–Trinajstić information content (AvgIpc) is 3.13. The molecule has 1 aliphatic heterocycles. The van der Waals surface area contributed by atoms with Gasteiger partial charge in [0.25, 0.3) is 5.96 Å². The number of aliphatic imine (C=N–C) groups is 1. The second-order valence-electron chi connectivity index (χ2n) is 7.00. The molecule has 206 valence electrons. The number of likely N-dealkylation sites (tertiary alicyclic amines) is 1. The van der Waals surface area contributed by atoms with Crippen molar-refractivity contribution in [1.29, 1.82) is 0 Å². The van der Waals surface area contributed by atoms with Crippen molar-refractivity contribution in [3.63, 3.8) is 0 Å². The number of nitrogens with one attached hydrogen (secondary N) is 2. The number of hydrogen-bond acceptors (Lipinski definition) is 8. The Morgan fingerprint density at radius 2 is 1.67 bits per heavy atom. The molecule has 1 fully saturated rings. The number of alkyl halides is 6. The summed E-state index contributed by atoms with van der Waals surface area (Å²) in [5.74, 6) is -7.07. The van der Waals surface area contributed by atoms with Crippen LogP contribution >= 0.6 is 0 Å². The Morgan fingerprint density at radius 3 is 2.08 bits per heavy atom. The van der Waals surface area contributed by atoms with E-state index < -0.39 is 65.2 Å². The summed E-state index contributed by atoms with van der Waals surface area (Å²) in [5.41, 5.74) is 17.8. The summed E-state index contributed by atoms with van der Waals surface area (Å²) in [6.45, 7) is -0.350. The predicted molar refractivity (Wildman–Crippen MR) is 105 cm³/mol. The molecule has 0 aromatic carbocycles. The predicted octanol–water partition coefficient (Wildman–Crippen LogP) is -2.04. The summed E-state index contributed by atoms with van der Waals surface area (Å²) < 4.78 is 68.9. The van der Waals surface area contributed by atoms with Crippen molar-refractivity contribution >= 4 is 29.7 Å². The lowest BCUT2D eigenvalue weighted by atomic mass is 10.1. The molecule has 1 heterocycles. The molecule has 0 aliphatic carbocycles. The van der Waals surface area contributed by atoms with Gasteiger partial charge in [-0.25, -0.2) is 19.9 Å². The molecule has 9 N–H and O–H groups in total. The molecule has 0 bridgehead atoms. The first-order chi connectivity index (χ1) is 16.3. The van der Waals surface area contributed by atoms with Gasteiger partial charge >= 0.3 is 24.2 Å². The van der Waals surface area contributed by atoms with Crippen LogP contribution in [0.15, 0.2) is 4.99 Å². The van der Waals surface area contributed by atoms with Crippen molar-refractivity contribution in [2.75, 3.05) is 13.1 Å². The molecule has 0 radical (unpaired) electrons. The number of hydrogen-bond donors (Lipinski definition) is 6. The Kier molecular flexibility index (Phi) is 11.8. The first-order valence-electron chi connectivity index (χ1n) is 9.51. The smallest absolute Gasteiger partial charge is 0.475 e. The van der Waals surface area contributed by atoms with Gasteiger partial charge in [-0.3, -0.25) is 14.4 Å². The molecule has 3 atom stereocenters. The number of hydrazine groups is 1. The maximum Gasteiger partial charge on any atom is 0.490 e. The normalized spacial score (nSPS) is 19.0. The van der Waals surface area contributed by atoms with Gasteiger partial charge in [0, 0.05) is 19.1 Å². The van der Waals surface area contributed by atoms with Gasteiger partial charge in [-0.2, -0.15) is 26.3 Å². The van der Waals surface area contributed by atoms with Crippen molar-refractivity contribution in [1.82, 2.24) is 15.6 Å². The maximum absolute atomic E-state index is 12.5. The quantitative estimate of drug-likeness (QED) is 0.0491. The van der Waals surface area contributed by atoms with Crippen LogP contribution in [0.5, 0.6) is 0 Å². The van der Waals surface area contributed by atoms with Gasteiger partial charge in [0.05, 0.1) is 6.04 Å². The van der Waals surface area contributed by atoms with Crippen molar-refractivity contribution < 1.29 is 55.7 Å². The Bertz CT molecular complexity index is 866. The fourth-order valence-electron chi connectivity index (χ4n) is 2.70. The van der Waals surface area contributed by atoms with Gasteiger partial charge < -0.3 is 32.5 Å². The lowest BCUT2D eigenvalue weighted by Gasteiger charge is -2.25. The number of carboxylic acids is 1. The lowest BCUT2D eigenvalue weighted by molar-refractivity contribution is -0.525.